The van der Waals surface area contributed by atoms with Crippen molar-refractivity contribution in [2.45, 2.75) is 101 Å². The molecule has 2 bridgehead atoms. The number of ketones is 1. The largest absolute Gasteiger partial charge is 0.460 e. The summed E-state index contributed by atoms with van der Waals surface area (Å²) in [6.45, 7) is 4.70. The number of aliphatic hydroxyl groups excluding tert-OH is 4. The van der Waals surface area contributed by atoms with Gasteiger partial charge in [0.25, 0.3) is 0 Å². The van der Waals surface area contributed by atoms with Gasteiger partial charge in [-0.15, -0.1) is 0 Å². The van der Waals surface area contributed by atoms with Crippen molar-refractivity contribution >= 4 is 11.8 Å². The van der Waals surface area contributed by atoms with Crippen molar-refractivity contribution in [1.82, 2.24) is 0 Å². The van der Waals surface area contributed by atoms with Crippen LogP contribution in [0.2, 0.25) is 0 Å². The van der Waals surface area contributed by atoms with Gasteiger partial charge in [0.05, 0.1) is 29.3 Å². The Morgan fingerprint density at radius 3 is 2.36 bits per heavy atom. The second-order valence-electron chi connectivity index (χ2n) is 11.4. The van der Waals surface area contributed by atoms with E-state index in [0.717, 1.165) is 0 Å². The summed E-state index contributed by atoms with van der Waals surface area (Å²) in [7, 11) is 0. The number of fused-ring (bicyclic) bond motifs is 5. The lowest BCUT2D eigenvalue weighted by Gasteiger charge is -2.65. The molecule has 4 rings (SSSR count). The first kappa shape index (κ1) is 25.0. The smallest absolute Gasteiger partial charge is 0.336 e. The van der Waals surface area contributed by atoms with Crippen molar-refractivity contribution in [2.24, 2.45) is 34.8 Å². The zero-order chi connectivity index (χ0) is 24.7. The molecule has 10 heteroatoms. The van der Waals surface area contributed by atoms with E-state index < -0.39 is 82.7 Å². The number of nitrogens with two attached hydrogens (primary N) is 1. The number of Topliss-reactive ketones (excluding diaryl/α,β-unsaturated/α-hetero) is 1. The minimum Gasteiger partial charge on any atom is -0.460 e. The van der Waals surface area contributed by atoms with Gasteiger partial charge >= 0.3 is 5.97 Å². The minimum absolute atomic E-state index is 0.00667. The molecule has 10 nitrogen and oxygen atoms in total. The first-order valence-corrected chi connectivity index (χ1v) is 11.8. The molecule has 0 aromatic heterocycles. The molecule has 12 atom stereocenters. The predicted octanol–water partition coefficient (Wildman–Crippen LogP) is -1.78. The van der Waals surface area contributed by atoms with Gasteiger partial charge in [0.15, 0.2) is 11.9 Å². The molecule has 4 fully saturated rings. The molecule has 8 N–H and O–H groups in total. The highest BCUT2D eigenvalue weighted by Gasteiger charge is 2.71. The predicted molar refractivity (Wildman–Crippen MR) is 113 cm³/mol. The number of carbonyl (C=O) groups excluding carboxylic acids is 2. The van der Waals surface area contributed by atoms with Crippen LogP contribution in [-0.4, -0.2) is 90.2 Å². The van der Waals surface area contributed by atoms with Crippen molar-refractivity contribution in [3.63, 3.8) is 0 Å². The average molecular weight is 472 g/mol. The van der Waals surface area contributed by atoms with E-state index >= 15 is 0 Å². The number of esters is 1. The minimum atomic E-state index is -1.96. The first-order chi connectivity index (χ1) is 15.2. The van der Waals surface area contributed by atoms with Crippen LogP contribution in [0.15, 0.2) is 0 Å². The lowest BCUT2D eigenvalue weighted by atomic mass is 9.44. The van der Waals surface area contributed by atoms with E-state index in [1.54, 1.807) is 13.8 Å². The summed E-state index contributed by atoms with van der Waals surface area (Å²) in [5.74, 6) is -5.32. The van der Waals surface area contributed by atoms with Crippen molar-refractivity contribution in [3.8, 4) is 0 Å². The number of aliphatic hydroxyl groups is 6. The molecule has 0 amide bonds. The SMILES string of the molecule is C[C@H](N)[C@@H](O)C(=O)O[C@@H]1CC2[C@@H](O)C(=O)C3[C@H]([C@H](O)[C@](O)(C1)C2(C)C)[C@]1(O)CC[C@@H]1C[C@@H]3O. The highest BCUT2D eigenvalue weighted by Crippen LogP contribution is 2.61. The maximum atomic E-state index is 13.4. The summed E-state index contributed by atoms with van der Waals surface area (Å²) in [4.78, 5) is 25.8. The summed E-state index contributed by atoms with van der Waals surface area (Å²) in [6, 6.07) is -0.891. The molecule has 0 heterocycles. The van der Waals surface area contributed by atoms with E-state index in [2.05, 4.69) is 0 Å². The van der Waals surface area contributed by atoms with Gasteiger partial charge in [0.2, 0.25) is 0 Å². The molecular formula is C23H37NO9. The third-order valence-electron chi connectivity index (χ3n) is 9.46. The Labute approximate surface area is 192 Å². The molecule has 0 saturated heterocycles. The van der Waals surface area contributed by atoms with E-state index in [4.69, 9.17) is 10.5 Å². The van der Waals surface area contributed by atoms with Crippen molar-refractivity contribution < 1.29 is 45.0 Å². The summed E-state index contributed by atoms with van der Waals surface area (Å²) < 4.78 is 5.41. The van der Waals surface area contributed by atoms with Crippen molar-refractivity contribution in [1.29, 1.82) is 0 Å². The molecule has 33 heavy (non-hydrogen) atoms. The number of hydrogen-bond acceptors (Lipinski definition) is 10. The monoisotopic (exact) mass is 471 g/mol. The van der Waals surface area contributed by atoms with Crippen LogP contribution >= 0.6 is 0 Å². The highest BCUT2D eigenvalue weighted by atomic mass is 16.6. The van der Waals surface area contributed by atoms with Gasteiger partial charge in [0.1, 0.15) is 12.2 Å². The Kier molecular flexibility index (Phi) is 6.01. The van der Waals surface area contributed by atoms with Gasteiger partial charge in [-0.05, 0) is 38.5 Å². The zero-order valence-corrected chi connectivity index (χ0v) is 19.3. The van der Waals surface area contributed by atoms with Crippen LogP contribution in [0.25, 0.3) is 0 Å². The fourth-order valence-corrected chi connectivity index (χ4v) is 7.08. The Bertz CT molecular complexity index is 818. The molecule has 4 aliphatic rings. The molecule has 0 aromatic carbocycles. The molecule has 4 saturated carbocycles. The average Bonchev–Trinajstić information content (AvgIpc) is 2.73. The molecule has 2 unspecified atom stereocenters. The third-order valence-corrected chi connectivity index (χ3v) is 9.46. The summed E-state index contributed by atoms with van der Waals surface area (Å²) in [5.41, 5.74) is 0.956. The molecule has 188 valence electrons. The van der Waals surface area contributed by atoms with E-state index in [9.17, 15) is 40.2 Å². The van der Waals surface area contributed by atoms with Crippen LogP contribution in [0.1, 0.15) is 52.9 Å². The Balaban J connectivity index is 1.76. The number of carbonyl (C=O) groups is 2. The Morgan fingerprint density at radius 1 is 1.18 bits per heavy atom. The molecule has 0 aliphatic heterocycles. The normalized spacial score (nSPS) is 50.5. The topological polar surface area (TPSA) is 191 Å². The maximum Gasteiger partial charge on any atom is 0.336 e. The van der Waals surface area contributed by atoms with Crippen LogP contribution in [0.5, 0.6) is 0 Å². The molecule has 0 spiro atoms. The van der Waals surface area contributed by atoms with Crippen LogP contribution in [0.4, 0.5) is 0 Å². The summed E-state index contributed by atoms with van der Waals surface area (Å²) in [5, 5.41) is 66.9. The van der Waals surface area contributed by atoms with Gasteiger partial charge in [-0.3, -0.25) is 4.79 Å². The third kappa shape index (κ3) is 3.41. The van der Waals surface area contributed by atoms with E-state index in [-0.39, 0.29) is 25.2 Å². The Hall–Kier alpha value is -1.14. The van der Waals surface area contributed by atoms with E-state index in [1.807, 2.05) is 0 Å². The Morgan fingerprint density at radius 2 is 1.82 bits per heavy atom. The quantitative estimate of drug-likeness (QED) is 0.231. The van der Waals surface area contributed by atoms with Crippen LogP contribution in [0.3, 0.4) is 0 Å². The van der Waals surface area contributed by atoms with E-state index in [1.165, 1.54) is 6.92 Å². The van der Waals surface area contributed by atoms with Gasteiger partial charge in [-0.1, -0.05) is 13.8 Å². The molecular weight excluding hydrogens is 434 g/mol. The molecule has 0 radical (unpaired) electrons. The summed E-state index contributed by atoms with van der Waals surface area (Å²) in [6.07, 6.45) is -6.09. The lowest BCUT2D eigenvalue weighted by Crippen LogP contribution is -2.75. The standard InChI is InChI=1S/C23H37NO9/c1-9(24)16(26)20(30)33-11-7-12-17(27)18(28)14-13(25)6-10-4-5-22(10,31)15(14)19(29)23(32,8-11)21(12,2)3/h9-17,19,25-27,29,31-32H,4-8,24H2,1-3H3/t9-,10+,11+,12?,13-,14?,15+,16+,17+,19-,22-,23+/m0/s1. The van der Waals surface area contributed by atoms with Crippen LogP contribution in [0, 0.1) is 29.1 Å². The fraction of sp³-hybridized carbons (Fsp3) is 0.913. The number of hydrogen-bond donors (Lipinski definition) is 7. The number of rotatable bonds is 3. The molecule has 0 aromatic rings. The lowest BCUT2D eigenvalue weighted by molar-refractivity contribution is -0.296. The fourth-order valence-electron chi connectivity index (χ4n) is 7.08. The van der Waals surface area contributed by atoms with Crippen LogP contribution in [-0.2, 0) is 14.3 Å². The maximum absolute atomic E-state index is 13.4. The second-order valence-corrected chi connectivity index (χ2v) is 11.4. The summed E-state index contributed by atoms with van der Waals surface area (Å²) >= 11 is 0. The molecule has 4 aliphatic carbocycles. The van der Waals surface area contributed by atoms with Gasteiger partial charge in [-0.2, -0.15) is 0 Å². The van der Waals surface area contributed by atoms with Gasteiger partial charge in [0, 0.05) is 29.7 Å². The van der Waals surface area contributed by atoms with E-state index in [0.29, 0.717) is 12.8 Å². The van der Waals surface area contributed by atoms with Gasteiger partial charge < -0.3 is 41.1 Å². The zero-order valence-electron chi connectivity index (χ0n) is 19.3. The highest BCUT2D eigenvalue weighted by molar-refractivity contribution is 5.87. The number of ether oxygens (including phenoxy) is 1. The second kappa shape index (κ2) is 7.94. The van der Waals surface area contributed by atoms with Crippen molar-refractivity contribution in [2.75, 3.05) is 0 Å². The van der Waals surface area contributed by atoms with Crippen LogP contribution < -0.4 is 5.73 Å². The van der Waals surface area contributed by atoms with Gasteiger partial charge in [-0.25, -0.2) is 4.79 Å². The van der Waals surface area contributed by atoms with Crippen molar-refractivity contribution in [3.05, 3.63) is 0 Å². The first-order valence-electron chi connectivity index (χ1n) is 11.8.